The smallest absolute Gasteiger partial charge is 0.174 e. The number of aromatic nitrogens is 2. The second-order valence-electron chi connectivity index (χ2n) is 2.75. The average molecular weight is 236 g/mol. The number of benzene rings is 1. The van der Waals surface area contributed by atoms with Crippen LogP contribution >= 0.6 is 23.3 Å². The molecule has 0 spiro atoms. The van der Waals surface area contributed by atoms with Crippen LogP contribution in [0.5, 0.6) is 0 Å². The molecule has 1 heterocycles. The molecule has 0 aliphatic carbocycles. The Labute approximate surface area is 95.2 Å². The summed E-state index contributed by atoms with van der Waals surface area (Å²) in [6.45, 7) is 0. The monoisotopic (exact) mass is 236 g/mol. The van der Waals surface area contributed by atoms with Gasteiger partial charge in [0.1, 0.15) is 12.2 Å². The Bertz CT molecular complexity index is 449. The molecule has 1 aromatic heterocycles. The number of nitrogen functional groups attached to an aromatic ring is 1. The standard InChI is InChI=1S/C9H8N4S2/c10-8(11)6-1-3-7(4-2-6)14-9-12-5-13-15-9/h1-5H,(H3,10,11). The molecule has 0 aliphatic rings. The Balaban J connectivity index is 2.14. The van der Waals surface area contributed by atoms with E-state index in [1.807, 2.05) is 24.3 Å². The van der Waals surface area contributed by atoms with E-state index in [1.54, 1.807) is 11.8 Å². The van der Waals surface area contributed by atoms with Crippen molar-refractivity contribution in [2.24, 2.45) is 5.73 Å². The van der Waals surface area contributed by atoms with Gasteiger partial charge in [-0.2, -0.15) is 4.37 Å². The zero-order valence-corrected chi connectivity index (χ0v) is 9.31. The van der Waals surface area contributed by atoms with Crippen molar-refractivity contribution in [3.63, 3.8) is 0 Å². The van der Waals surface area contributed by atoms with Crippen LogP contribution in [0.3, 0.4) is 0 Å². The lowest BCUT2D eigenvalue weighted by molar-refractivity contribution is 1.21. The summed E-state index contributed by atoms with van der Waals surface area (Å²) >= 11 is 2.91. The van der Waals surface area contributed by atoms with Crippen LogP contribution < -0.4 is 5.73 Å². The Morgan fingerprint density at radius 2 is 2.07 bits per heavy atom. The molecule has 2 rings (SSSR count). The van der Waals surface area contributed by atoms with Gasteiger partial charge in [-0.05, 0) is 23.7 Å². The first-order valence-electron chi connectivity index (χ1n) is 4.14. The van der Waals surface area contributed by atoms with Crippen molar-refractivity contribution < 1.29 is 0 Å². The van der Waals surface area contributed by atoms with Gasteiger partial charge in [-0.1, -0.05) is 23.9 Å². The molecule has 0 atom stereocenters. The fraction of sp³-hybridized carbons (Fsp3) is 0. The summed E-state index contributed by atoms with van der Waals surface area (Å²) in [5.41, 5.74) is 6.09. The van der Waals surface area contributed by atoms with Gasteiger partial charge in [0, 0.05) is 10.5 Å². The van der Waals surface area contributed by atoms with Gasteiger partial charge in [-0.15, -0.1) is 0 Å². The number of nitrogens with zero attached hydrogens (tertiary/aromatic N) is 2. The van der Waals surface area contributed by atoms with E-state index in [-0.39, 0.29) is 5.84 Å². The summed E-state index contributed by atoms with van der Waals surface area (Å²) in [6, 6.07) is 7.49. The molecule has 76 valence electrons. The van der Waals surface area contributed by atoms with Gasteiger partial charge in [-0.25, -0.2) is 4.98 Å². The lowest BCUT2D eigenvalue weighted by Gasteiger charge is -1.99. The molecule has 0 amide bonds. The summed E-state index contributed by atoms with van der Waals surface area (Å²) in [5, 5.41) is 7.25. The second-order valence-corrected chi connectivity index (χ2v) is 4.85. The first kappa shape index (κ1) is 10.1. The van der Waals surface area contributed by atoms with Crippen molar-refractivity contribution in [3.8, 4) is 0 Å². The van der Waals surface area contributed by atoms with E-state index in [1.165, 1.54) is 17.9 Å². The minimum Gasteiger partial charge on any atom is -0.384 e. The molecule has 0 aliphatic heterocycles. The number of hydrogen-bond donors (Lipinski definition) is 2. The first-order chi connectivity index (χ1) is 7.25. The van der Waals surface area contributed by atoms with E-state index in [2.05, 4.69) is 9.36 Å². The predicted octanol–water partition coefficient (Wildman–Crippen LogP) is 1.97. The molecule has 2 aromatic rings. The summed E-state index contributed by atoms with van der Waals surface area (Å²) in [4.78, 5) is 5.14. The summed E-state index contributed by atoms with van der Waals surface area (Å²) in [7, 11) is 0. The Morgan fingerprint density at radius 1 is 1.33 bits per heavy atom. The first-order valence-corrected chi connectivity index (χ1v) is 5.73. The van der Waals surface area contributed by atoms with E-state index in [0.29, 0.717) is 0 Å². The highest BCUT2D eigenvalue weighted by Crippen LogP contribution is 2.27. The summed E-state index contributed by atoms with van der Waals surface area (Å²) in [6.07, 6.45) is 1.54. The van der Waals surface area contributed by atoms with Crippen molar-refractivity contribution in [1.29, 1.82) is 5.41 Å². The Morgan fingerprint density at radius 3 is 2.60 bits per heavy atom. The van der Waals surface area contributed by atoms with Gasteiger partial charge < -0.3 is 5.73 Å². The third kappa shape index (κ3) is 2.54. The SMILES string of the molecule is N=C(N)c1ccc(Sc2ncns2)cc1. The highest BCUT2D eigenvalue weighted by molar-refractivity contribution is 8.01. The van der Waals surface area contributed by atoms with Crippen molar-refractivity contribution in [2.75, 3.05) is 0 Å². The van der Waals surface area contributed by atoms with Crippen molar-refractivity contribution in [3.05, 3.63) is 36.2 Å². The molecular formula is C9H8N4S2. The molecule has 0 saturated carbocycles. The van der Waals surface area contributed by atoms with E-state index < -0.39 is 0 Å². The molecule has 0 unspecified atom stereocenters. The van der Waals surface area contributed by atoms with Gasteiger partial charge >= 0.3 is 0 Å². The summed E-state index contributed by atoms with van der Waals surface area (Å²) < 4.78 is 4.83. The van der Waals surface area contributed by atoms with E-state index in [0.717, 1.165) is 14.8 Å². The Kier molecular flexibility index (Phi) is 2.98. The van der Waals surface area contributed by atoms with E-state index >= 15 is 0 Å². The zero-order valence-electron chi connectivity index (χ0n) is 7.68. The molecule has 0 saturated heterocycles. The zero-order chi connectivity index (χ0) is 10.7. The van der Waals surface area contributed by atoms with Gasteiger partial charge in [0.15, 0.2) is 4.34 Å². The van der Waals surface area contributed by atoms with Gasteiger partial charge in [-0.3, -0.25) is 5.41 Å². The maximum Gasteiger partial charge on any atom is 0.174 e. The lowest BCUT2D eigenvalue weighted by Crippen LogP contribution is -2.10. The topological polar surface area (TPSA) is 75.7 Å². The maximum absolute atomic E-state index is 7.25. The number of nitrogens with two attached hydrogens (primary N) is 1. The minimum atomic E-state index is 0.0856. The quantitative estimate of drug-likeness (QED) is 0.631. The molecule has 4 nitrogen and oxygen atoms in total. The highest BCUT2D eigenvalue weighted by Gasteiger charge is 2.01. The highest BCUT2D eigenvalue weighted by atomic mass is 32.2. The van der Waals surface area contributed by atoms with Crippen LogP contribution in [0, 0.1) is 5.41 Å². The number of amidine groups is 1. The number of rotatable bonds is 3. The Hall–Kier alpha value is -1.40. The molecule has 0 bridgehead atoms. The van der Waals surface area contributed by atoms with Crippen LogP contribution in [0.25, 0.3) is 0 Å². The molecule has 15 heavy (non-hydrogen) atoms. The van der Waals surface area contributed by atoms with Crippen LogP contribution in [0.15, 0.2) is 39.8 Å². The lowest BCUT2D eigenvalue weighted by atomic mass is 10.2. The molecular weight excluding hydrogens is 228 g/mol. The molecule has 6 heteroatoms. The largest absolute Gasteiger partial charge is 0.384 e. The fourth-order valence-corrected chi connectivity index (χ4v) is 2.43. The third-order valence-electron chi connectivity index (χ3n) is 1.71. The van der Waals surface area contributed by atoms with E-state index in [4.69, 9.17) is 11.1 Å². The average Bonchev–Trinajstić information content (AvgIpc) is 2.71. The van der Waals surface area contributed by atoms with Crippen LogP contribution in [0.4, 0.5) is 0 Å². The van der Waals surface area contributed by atoms with Crippen molar-refractivity contribution in [1.82, 2.24) is 9.36 Å². The second kappa shape index (κ2) is 4.41. The van der Waals surface area contributed by atoms with Crippen LogP contribution in [-0.4, -0.2) is 15.2 Å². The molecule has 1 aromatic carbocycles. The molecule has 0 radical (unpaired) electrons. The predicted molar refractivity (Wildman–Crippen MR) is 61.5 cm³/mol. The van der Waals surface area contributed by atoms with Crippen LogP contribution in [-0.2, 0) is 0 Å². The van der Waals surface area contributed by atoms with Crippen molar-refractivity contribution in [2.45, 2.75) is 9.24 Å². The number of nitrogens with one attached hydrogen (secondary N) is 1. The van der Waals surface area contributed by atoms with Gasteiger partial charge in [0.05, 0.1) is 0 Å². The third-order valence-corrected chi connectivity index (χ3v) is 3.43. The van der Waals surface area contributed by atoms with Gasteiger partial charge in [0.25, 0.3) is 0 Å². The van der Waals surface area contributed by atoms with Gasteiger partial charge in [0.2, 0.25) is 0 Å². The van der Waals surface area contributed by atoms with Crippen LogP contribution in [0.2, 0.25) is 0 Å². The number of hydrogen-bond acceptors (Lipinski definition) is 5. The van der Waals surface area contributed by atoms with Crippen LogP contribution in [0.1, 0.15) is 5.56 Å². The summed E-state index contributed by atoms with van der Waals surface area (Å²) in [5.74, 6) is 0.0856. The maximum atomic E-state index is 7.25. The molecule has 3 N–H and O–H groups in total. The minimum absolute atomic E-state index is 0.0856. The molecule has 0 fully saturated rings. The fourth-order valence-electron chi connectivity index (χ4n) is 1.01. The normalized spacial score (nSPS) is 10.1. The van der Waals surface area contributed by atoms with E-state index in [9.17, 15) is 0 Å². The van der Waals surface area contributed by atoms with Crippen molar-refractivity contribution >= 4 is 29.1 Å².